The third-order valence-corrected chi connectivity index (χ3v) is 6.92. The van der Waals surface area contributed by atoms with Crippen LogP contribution < -0.4 is 11.0 Å². The van der Waals surface area contributed by atoms with Crippen molar-refractivity contribution < 1.29 is 10.0 Å². The van der Waals surface area contributed by atoms with Crippen molar-refractivity contribution in [3.05, 3.63) is 57.8 Å². The standard InChI is InChI=1S/C23H28N6O3/c1-14-11-28(12-15-6-8-16(9-7-15)22(30)27-32)13-19(14)20-25-21-18(23(31)26-20)10-24-29(21)17-4-2-3-5-17/h6-10,14,17,19,32H,2-5,11-13H2,1H3,(H,27,30)(H,25,26,31)/t14-,19-/m1/s1. The Hall–Kier alpha value is -3.04. The van der Waals surface area contributed by atoms with Gasteiger partial charge in [0.25, 0.3) is 11.5 Å². The fraction of sp³-hybridized carbons (Fsp3) is 0.478. The molecule has 0 spiro atoms. The van der Waals surface area contributed by atoms with Crippen molar-refractivity contribution in [2.24, 2.45) is 5.92 Å². The number of benzene rings is 1. The van der Waals surface area contributed by atoms with Gasteiger partial charge in [-0.05, 0) is 36.5 Å². The van der Waals surface area contributed by atoms with Gasteiger partial charge in [0.05, 0.1) is 12.2 Å². The number of hydrogen-bond acceptors (Lipinski definition) is 6. The molecule has 32 heavy (non-hydrogen) atoms. The van der Waals surface area contributed by atoms with Gasteiger partial charge in [-0.1, -0.05) is 31.9 Å². The average molecular weight is 437 g/mol. The summed E-state index contributed by atoms with van der Waals surface area (Å²) in [5.74, 6) is 0.706. The van der Waals surface area contributed by atoms with Crippen LogP contribution in [-0.4, -0.2) is 48.9 Å². The second-order valence-corrected chi connectivity index (χ2v) is 9.13. The monoisotopic (exact) mass is 436 g/mol. The first kappa shape index (κ1) is 20.8. The number of carbonyl (C=O) groups excluding carboxylic acids is 1. The summed E-state index contributed by atoms with van der Waals surface area (Å²) in [4.78, 5) is 34.5. The lowest BCUT2D eigenvalue weighted by Crippen LogP contribution is -2.22. The SMILES string of the molecule is C[C@@H]1CN(Cc2ccc(C(=O)NO)cc2)C[C@H]1c1nc2c(cnn2C2CCCC2)c(=O)[nH]1. The van der Waals surface area contributed by atoms with Crippen LogP contribution in [0.4, 0.5) is 0 Å². The van der Waals surface area contributed by atoms with Crippen LogP contribution in [0, 0.1) is 5.92 Å². The second kappa shape index (κ2) is 8.48. The van der Waals surface area contributed by atoms with E-state index in [1.165, 1.54) is 12.8 Å². The molecule has 2 aromatic heterocycles. The molecule has 1 saturated carbocycles. The predicted octanol–water partition coefficient (Wildman–Crippen LogP) is 2.59. The molecule has 3 heterocycles. The van der Waals surface area contributed by atoms with E-state index in [1.807, 2.05) is 16.8 Å². The Labute approximate surface area is 185 Å². The summed E-state index contributed by atoms with van der Waals surface area (Å²) < 4.78 is 1.96. The van der Waals surface area contributed by atoms with Crippen LogP contribution >= 0.6 is 0 Å². The van der Waals surface area contributed by atoms with Gasteiger partial charge in [0.2, 0.25) is 0 Å². The summed E-state index contributed by atoms with van der Waals surface area (Å²) in [5, 5.41) is 13.8. The van der Waals surface area contributed by atoms with Crippen LogP contribution in [0.2, 0.25) is 0 Å². The summed E-state index contributed by atoms with van der Waals surface area (Å²) in [6.45, 7) is 4.63. The quantitative estimate of drug-likeness (QED) is 0.418. The zero-order valence-electron chi connectivity index (χ0n) is 18.1. The Bertz CT molecular complexity index is 1180. The topological polar surface area (TPSA) is 116 Å². The summed E-state index contributed by atoms with van der Waals surface area (Å²) in [6.07, 6.45) is 6.22. The molecule has 168 valence electrons. The van der Waals surface area contributed by atoms with Crippen molar-refractivity contribution in [3.8, 4) is 0 Å². The van der Waals surface area contributed by atoms with Gasteiger partial charge in [0, 0.05) is 31.1 Å². The van der Waals surface area contributed by atoms with Crippen LogP contribution in [0.15, 0.2) is 35.3 Å². The van der Waals surface area contributed by atoms with Gasteiger partial charge in [-0.15, -0.1) is 0 Å². The lowest BCUT2D eigenvalue weighted by molar-refractivity contribution is 0.0706. The highest BCUT2D eigenvalue weighted by Gasteiger charge is 2.33. The van der Waals surface area contributed by atoms with Crippen molar-refractivity contribution in [2.75, 3.05) is 13.1 Å². The zero-order valence-corrected chi connectivity index (χ0v) is 18.1. The first-order valence-electron chi connectivity index (χ1n) is 11.3. The van der Waals surface area contributed by atoms with Crippen molar-refractivity contribution in [3.63, 3.8) is 0 Å². The molecule has 2 atom stereocenters. The summed E-state index contributed by atoms with van der Waals surface area (Å²) in [6, 6.07) is 7.54. The predicted molar refractivity (Wildman–Crippen MR) is 119 cm³/mol. The van der Waals surface area contributed by atoms with Crippen molar-refractivity contribution >= 4 is 16.9 Å². The van der Waals surface area contributed by atoms with E-state index in [2.05, 4.69) is 21.9 Å². The maximum absolute atomic E-state index is 12.8. The maximum Gasteiger partial charge on any atom is 0.274 e. The minimum absolute atomic E-state index is 0.113. The third-order valence-electron chi connectivity index (χ3n) is 6.92. The molecule has 1 aliphatic carbocycles. The molecule has 2 fully saturated rings. The van der Waals surface area contributed by atoms with Gasteiger partial charge in [0.1, 0.15) is 11.2 Å². The first-order valence-corrected chi connectivity index (χ1v) is 11.3. The Balaban J connectivity index is 1.35. The van der Waals surface area contributed by atoms with Gasteiger partial charge in [-0.3, -0.25) is 19.7 Å². The fourth-order valence-corrected chi connectivity index (χ4v) is 5.18. The van der Waals surface area contributed by atoms with Crippen molar-refractivity contribution in [1.82, 2.24) is 30.1 Å². The van der Waals surface area contributed by atoms with Gasteiger partial charge >= 0.3 is 0 Å². The summed E-state index contributed by atoms with van der Waals surface area (Å²) in [7, 11) is 0. The molecule has 9 nitrogen and oxygen atoms in total. The van der Waals surface area contributed by atoms with E-state index < -0.39 is 5.91 Å². The molecule has 3 aromatic rings. The Morgan fingerprint density at radius 1 is 1.22 bits per heavy atom. The molecular formula is C23H28N6O3. The third kappa shape index (κ3) is 3.82. The van der Waals surface area contributed by atoms with E-state index in [0.29, 0.717) is 28.6 Å². The minimum atomic E-state index is -0.520. The number of rotatable bonds is 5. The molecule has 3 N–H and O–H groups in total. The molecule has 2 aliphatic rings. The number of nitrogens with zero attached hydrogens (tertiary/aromatic N) is 4. The lowest BCUT2D eigenvalue weighted by atomic mass is 9.97. The van der Waals surface area contributed by atoms with Crippen LogP contribution in [0.1, 0.15) is 66.3 Å². The van der Waals surface area contributed by atoms with E-state index >= 15 is 0 Å². The second-order valence-electron chi connectivity index (χ2n) is 9.13. The number of hydroxylamine groups is 1. The molecule has 1 aromatic carbocycles. The molecule has 5 rings (SSSR count). The maximum atomic E-state index is 12.8. The van der Waals surface area contributed by atoms with Crippen LogP contribution in [0.5, 0.6) is 0 Å². The number of carbonyl (C=O) groups is 1. The number of aromatic amines is 1. The Morgan fingerprint density at radius 2 is 1.97 bits per heavy atom. The van der Waals surface area contributed by atoms with E-state index in [0.717, 1.165) is 43.9 Å². The van der Waals surface area contributed by atoms with Crippen molar-refractivity contribution in [2.45, 2.75) is 51.1 Å². The van der Waals surface area contributed by atoms with Crippen LogP contribution in [0.25, 0.3) is 11.0 Å². The largest absolute Gasteiger partial charge is 0.310 e. The number of amides is 1. The van der Waals surface area contributed by atoms with E-state index in [4.69, 9.17) is 10.2 Å². The average Bonchev–Trinajstić information content (AvgIpc) is 3.53. The zero-order chi connectivity index (χ0) is 22.2. The first-order chi connectivity index (χ1) is 15.5. The highest BCUT2D eigenvalue weighted by molar-refractivity contribution is 5.93. The number of nitrogens with one attached hydrogen (secondary N) is 2. The molecule has 9 heteroatoms. The molecule has 1 aliphatic heterocycles. The van der Waals surface area contributed by atoms with E-state index in [9.17, 15) is 9.59 Å². The molecule has 0 bridgehead atoms. The normalized spacial score (nSPS) is 22.1. The number of hydrogen-bond donors (Lipinski definition) is 3. The number of fused-ring (bicyclic) bond motifs is 1. The highest BCUT2D eigenvalue weighted by Crippen LogP contribution is 2.33. The van der Waals surface area contributed by atoms with Gasteiger partial charge in [0.15, 0.2) is 5.65 Å². The number of likely N-dealkylation sites (tertiary alicyclic amines) is 1. The fourth-order valence-electron chi connectivity index (χ4n) is 5.18. The Morgan fingerprint density at radius 3 is 2.69 bits per heavy atom. The smallest absolute Gasteiger partial charge is 0.274 e. The van der Waals surface area contributed by atoms with Gasteiger partial charge < -0.3 is 4.98 Å². The molecule has 1 amide bonds. The lowest BCUT2D eigenvalue weighted by Gasteiger charge is -2.16. The van der Waals surface area contributed by atoms with Crippen LogP contribution in [-0.2, 0) is 6.54 Å². The number of H-pyrrole nitrogens is 1. The molecule has 0 radical (unpaired) electrons. The molecule has 0 unspecified atom stereocenters. The van der Waals surface area contributed by atoms with E-state index in [1.54, 1.807) is 23.8 Å². The highest BCUT2D eigenvalue weighted by atomic mass is 16.5. The van der Waals surface area contributed by atoms with Crippen molar-refractivity contribution in [1.29, 1.82) is 0 Å². The minimum Gasteiger partial charge on any atom is -0.310 e. The molecule has 1 saturated heterocycles. The summed E-state index contributed by atoms with van der Waals surface area (Å²) in [5.41, 5.74) is 3.74. The van der Waals surface area contributed by atoms with Gasteiger partial charge in [-0.2, -0.15) is 5.10 Å². The molecular weight excluding hydrogens is 408 g/mol. The number of aromatic nitrogens is 4. The summed E-state index contributed by atoms with van der Waals surface area (Å²) >= 11 is 0. The Kier molecular flexibility index (Phi) is 5.52. The van der Waals surface area contributed by atoms with E-state index in [-0.39, 0.29) is 11.5 Å². The van der Waals surface area contributed by atoms with Gasteiger partial charge in [-0.25, -0.2) is 15.1 Å². The van der Waals surface area contributed by atoms with Crippen LogP contribution in [0.3, 0.4) is 0 Å².